The Morgan fingerprint density at radius 1 is 1.24 bits per heavy atom. The third-order valence-electron chi connectivity index (χ3n) is 5.34. The second kappa shape index (κ2) is 4.32. The fourth-order valence-corrected chi connectivity index (χ4v) is 5.74. The first-order valence-corrected chi connectivity index (χ1v) is 9.28. The fourth-order valence-electron chi connectivity index (χ4n) is 4.22. The molecule has 1 aliphatic heterocycles. The second-order valence-electron chi connectivity index (χ2n) is 6.50. The van der Waals surface area contributed by atoms with Crippen LogP contribution in [0.3, 0.4) is 0 Å². The zero-order valence-electron chi connectivity index (χ0n) is 11.9. The van der Waals surface area contributed by atoms with Crippen molar-refractivity contribution in [2.45, 2.75) is 37.5 Å². The lowest BCUT2D eigenvalue weighted by Crippen LogP contribution is -2.36. The van der Waals surface area contributed by atoms with Gasteiger partial charge in [-0.1, -0.05) is 24.3 Å². The molecule has 0 bridgehead atoms. The predicted molar refractivity (Wildman–Crippen MR) is 79.3 cm³/mol. The van der Waals surface area contributed by atoms with Gasteiger partial charge in [0.05, 0.1) is 5.75 Å². The van der Waals surface area contributed by atoms with Gasteiger partial charge in [0, 0.05) is 17.9 Å². The Labute approximate surface area is 125 Å². The highest BCUT2D eigenvalue weighted by Crippen LogP contribution is 2.61. The number of hydrogen-bond donors (Lipinski definition) is 0. The van der Waals surface area contributed by atoms with Gasteiger partial charge in [0.15, 0.2) is 0 Å². The van der Waals surface area contributed by atoms with Gasteiger partial charge in [-0.3, -0.25) is 4.79 Å². The molecule has 5 heteroatoms. The molecule has 4 nitrogen and oxygen atoms in total. The van der Waals surface area contributed by atoms with E-state index in [0.717, 1.165) is 30.0 Å². The van der Waals surface area contributed by atoms with E-state index in [0.29, 0.717) is 13.0 Å². The third kappa shape index (κ3) is 1.86. The van der Waals surface area contributed by atoms with Crippen molar-refractivity contribution in [3.05, 3.63) is 35.4 Å². The highest BCUT2D eigenvalue weighted by Gasteiger charge is 2.62. The van der Waals surface area contributed by atoms with Crippen molar-refractivity contribution >= 4 is 15.9 Å². The molecule has 1 aromatic rings. The minimum atomic E-state index is -3.34. The lowest BCUT2D eigenvalue weighted by molar-refractivity contribution is -0.128. The Bertz CT molecular complexity index is 712. The maximum absolute atomic E-state index is 12.7. The molecule has 2 atom stereocenters. The van der Waals surface area contributed by atoms with Gasteiger partial charge in [0.1, 0.15) is 0 Å². The molecule has 3 aliphatic rings. The van der Waals surface area contributed by atoms with Crippen LogP contribution in [-0.2, 0) is 26.7 Å². The van der Waals surface area contributed by atoms with Crippen molar-refractivity contribution in [1.82, 2.24) is 4.31 Å². The first-order valence-electron chi connectivity index (χ1n) is 7.67. The van der Waals surface area contributed by atoms with Gasteiger partial charge in [-0.15, -0.1) is 0 Å². The Hall–Kier alpha value is -1.36. The maximum atomic E-state index is 12.7. The number of aryl methyl sites for hydroxylation is 1. The first-order chi connectivity index (χ1) is 10.0. The van der Waals surface area contributed by atoms with Crippen molar-refractivity contribution < 1.29 is 13.2 Å². The van der Waals surface area contributed by atoms with Crippen LogP contribution in [0.2, 0.25) is 0 Å². The zero-order chi connectivity index (χ0) is 14.7. The summed E-state index contributed by atoms with van der Waals surface area (Å²) >= 11 is 0. The Balaban J connectivity index is 1.65. The van der Waals surface area contributed by atoms with Crippen molar-refractivity contribution in [2.24, 2.45) is 5.92 Å². The topological polar surface area (TPSA) is 54.5 Å². The first kappa shape index (κ1) is 13.3. The fraction of sp³-hybridized carbons (Fsp3) is 0.562. The quantitative estimate of drug-likeness (QED) is 0.795. The Morgan fingerprint density at radius 3 is 2.81 bits per heavy atom. The summed E-state index contributed by atoms with van der Waals surface area (Å²) in [5, 5.41) is 0. The zero-order valence-corrected chi connectivity index (χ0v) is 12.7. The SMILES string of the molecule is O=C(C1CC12CCCc1ccccc12)N1CCCS1(=O)=O. The summed E-state index contributed by atoms with van der Waals surface area (Å²) in [6.07, 6.45) is 4.56. The molecule has 1 spiro atoms. The van der Waals surface area contributed by atoms with Gasteiger partial charge in [-0.2, -0.15) is 0 Å². The van der Waals surface area contributed by atoms with Crippen LogP contribution in [0, 0.1) is 5.92 Å². The summed E-state index contributed by atoms with van der Waals surface area (Å²) in [4.78, 5) is 12.7. The van der Waals surface area contributed by atoms with Crippen molar-refractivity contribution in [1.29, 1.82) is 0 Å². The molecule has 0 radical (unpaired) electrons. The summed E-state index contributed by atoms with van der Waals surface area (Å²) in [7, 11) is -3.34. The predicted octanol–water partition coefficient (Wildman–Crippen LogP) is 1.84. The highest BCUT2D eigenvalue weighted by molar-refractivity contribution is 7.89. The summed E-state index contributed by atoms with van der Waals surface area (Å²) in [5.74, 6) is -0.175. The van der Waals surface area contributed by atoms with E-state index in [1.54, 1.807) is 0 Å². The molecule has 0 aromatic heterocycles. The monoisotopic (exact) mass is 305 g/mol. The van der Waals surface area contributed by atoms with Crippen LogP contribution in [0.15, 0.2) is 24.3 Å². The molecule has 2 aliphatic carbocycles. The van der Waals surface area contributed by atoms with E-state index in [-0.39, 0.29) is 23.0 Å². The van der Waals surface area contributed by atoms with Crippen LogP contribution in [0.1, 0.15) is 36.8 Å². The molecular formula is C16H19NO3S. The minimum absolute atomic E-state index is 0.0793. The van der Waals surface area contributed by atoms with Crippen LogP contribution in [0.25, 0.3) is 0 Å². The van der Waals surface area contributed by atoms with Crippen molar-refractivity contribution in [3.8, 4) is 0 Å². The number of amides is 1. The van der Waals surface area contributed by atoms with E-state index in [1.165, 1.54) is 11.1 Å². The van der Waals surface area contributed by atoms with Crippen LogP contribution in [0.4, 0.5) is 0 Å². The highest BCUT2D eigenvalue weighted by atomic mass is 32.2. The second-order valence-corrected chi connectivity index (χ2v) is 8.52. The minimum Gasteiger partial charge on any atom is -0.273 e. The number of carbonyl (C=O) groups excluding carboxylic acids is 1. The third-order valence-corrected chi connectivity index (χ3v) is 7.18. The van der Waals surface area contributed by atoms with E-state index < -0.39 is 10.0 Å². The molecule has 21 heavy (non-hydrogen) atoms. The van der Waals surface area contributed by atoms with E-state index in [4.69, 9.17) is 0 Å². The van der Waals surface area contributed by atoms with Gasteiger partial charge >= 0.3 is 0 Å². The van der Waals surface area contributed by atoms with Crippen molar-refractivity contribution in [3.63, 3.8) is 0 Å². The molecule has 1 aromatic carbocycles. The van der Waals surface area contributed by atoms with E-state index in [9.17, 15) is 13.2 Å². The number of benzene rings is 1. The van der Waals surface area contributed by atoms with Crippen LogP contribution < -0.4 is 0 Å². The van der Waals surface area contributed by atoms with E-state index >= 15 is 0 Å². The number of sulfonamides is 1. The lowest BCUT2D eigenvalue weighted by atomic mass is 9.78. The van der Waals surface area contributed by atoms with Crippen LogP contribution >= 0.6 is 0 Å². The van der Waals surface area contributed by atoms with Crippen LogP contribution in [0.5, 0.6) is 0 Å². The Kier molecular flexibility index (Phi) is 2.74. The Morgan fingerprint density at radius 2 is 2.05 bits per heavy atom. The number of carbonyl (C=O) groups is 1. The molecule has 112 valence electrons. The van der Waals surface area contributed by atoms with Gasteiger partial charge in [0.25, 0.3) is 0 Å². The number of nitrogens with zero attached hydrogens (tertiary/aromatic N) is 1. The summed E-state index contributed by atoms with van der Waals surface area (Å²) in [5.41, 5.74) is 2.54. The summed E-state index contributed by atoms with van der Waals surface area (Å²) in [6.45, 7) is 0.370. The van der Waals surface area contributed by atoms with E-state index in [1.807, 2.05) is 12.1 Å². The van der Waals surface area contributed by atoms with Gasteiger partial charge < -0.3 is 0 Å². The molecule has 1 saturated carbocycles. The number of hydrogen-bond acceptors (Lipinski definition) is 3. The van der Waals surface area contributed by atoms with Gasteiger partial charge in [0.2, 0.25) is 15.9 Å². The maximum Gasteiger partial charge on any atom is 0.240 e. The van der Waals surface area contributed by atoms with Gasteiger partial charge in [-0.05, 0) is 43.2 Å². The molecule has 1 heterocycles. The number of rotatable bonds is 1. The number of fused-ring (bicyclic) bond motifs is 2. The van der Waals surface area contributed by atoms with Crippen molar-refractivity contribution in [2.75, 3.05) is 12.3 Å². The normalized spacial score (nSPS) is 33.0. The van der Waals surface area contributed by atoms with Crippen LogP contribution in [-0.4, -0.2) is 30.9 Å². The summed E-state index contributed by atoms with van der Waals surface area (Å²) in [6, 6.07) is 8.34. The van der Waals surface area contributed by atoms with E-state index in [2.05, 4.69) is 12.1 Å². The molecule has 4 rings (SSSR count). The standard InChI is InChI=1S/C16H19NO3S/c18-15(17-9-4-10-21(17,19)20)14-11-16(14)8-3-6-12-5-1-2-7-13(12)16/h1-2,5,7,14H,3-4,6,8-11H2. The molecule has 2 unspecified atom stereocenters. The van der Waals surface area contributed by atoms with Gasteiger partial charge in [-0.25, -0.2) is 12.7 Å². The average molecular weight is 305 g/mol. The largest absolute Gasteiger partial charge is 0.273 e. The lowest BCUT2D eigenvalue weighted by Gasteiger charge is -2.27. The molecule has 1 amide bonds. The molecule has 1 saturated heterocycles. The molecule has 0 N–H and O–H groups in total. The summed E-state index contributed by atoms with van der Waals surface area (Å²) < 4.78 is 25.1. The molecule has 2 fully saturated rings. The average Bonchev–Trinajstić information content (AvgIpc) is 3.07. The molecular weight excluding hydrogens is 286 g/mol. The smallest absolute Gasteiger partial charge is 0.240 e.